The summed E-state index contributed by atoms with van der Waals surface area (Å²) in [4.78, 5) is 33.3. The van der Waals surface area contributed by atoms with E-state index < -0.39 is 6.04 Å². The standard InChI is InChI=1S/C16H14N4O2S2/c1-10(18-15(22)13-6-4-8-23-13)14(21)20-16-19-12(9-24-16)11-5-2-3-7-17-11/h2-10H,1H3,(H,18,22)(H,19,20,21). The Morgan fingerprint density at radius 3 is 2.71 bits per heavy atom. The molecule has 3 heterocycles. The third-order valence-electron chi connectivity index (χ3n) is 3.15. The van der Waals surface area contributed by atoms with E-state index in [4.69, 9.17) is 0 Å². The second-order valence-corrected chi connectivity index (χ2v) is 6.72. The van der Waals surface area contributed by atoms with Gasteiger partial charge in [0.25, 0.3) is 5.91 Å². The van der Waals surface area contributed by atoms with E-state index in [0.717, 1.165) is 5.69 Å². The van der Waals surface area contributed by atoms with Crippen molar-refractivity contribution in [1.82, 2.24) is 15.3 Å². The van der Waals surface area contributed by atoms with Gasteiger partial charge in [0.15, 0.2) is 5.13 Å². The first-order valence-electron chi connectivity index (χ1n) is 7.15. The Hall–Kier alpha value is -2.58. The van der Waals surface area contributed by atoms with Gasteiger partial charge in [-0.15, -0.1) is 22.7 Å². The first kappa shape index (κ1) is 16.3. The largest absolute Gasteiger partial charge is 0.340 e. The number of amides is 2. The van der Waals surface area contributed by atoms with Crippen molar-refractivity contribution in [1.29, 1.82) is 0 Å². The topological polar surface area (TPSA) is 84.0 Å². The zero-order valence-corrected chi connectivity index (χ0v) is 14.4. The normalized spacial score (nSPS) is 11.7. The highest BCUT2D eigenvalue weighted by Gasteiger charge is 2.18. The average molecular weight is 358 g/mol. The average Bonchev–Trinajstić information content (AvgIpc) is 3.27. The minimum Gasteiger partial charge on any atom is -0.340 e. The molecule has 8 heteroatoms. The van der Waals surface area contributed by atoms with E-state index in [1.165, 1.54) is 22.7 Å². The van der Waals surface area contributed by atoms with E-state index in [0.29, 0.717) is 15.7 Å². The summed E-state index contributed by atoms with van der Waals surface area (Å²) in [5.74, 6) is -0.581. The van der Waals surface area contributed by atoms with Crippen LogP contribution in [0.3, 0.4) is 0 Å². The van der Waals surface area contributed by atoms with Crippen LogP contribution in [-0.4, -0.2) is 27.8 Å². The van der Waals surface area contributed by atoms with E-state index in [2.05, 4.69) is 20.6 Å². The van der Waals surface area contributed by atoms with Gasteiger partial charge in [-0.2, -0.15) is 0 Å². The molecule has 0 bridgehead atoms. The predicted molar refractivity (Wildman–Crippen MR) is 95.2 cm³/mol. The molecule has 0 aromatic carbocycles. The molecule has 24 heavy (non-hydrogen) atoms. The molecule has 1 unspecified atom stereocenters. The minimum atomic E-state index is -0.665. The van der Waals surface area contributed by atoms with Crippen LogP contribution in [0.4, 0.5) is 5.13 Å². The molecular formula is C16H14N4O2S2. The molecule has 2 N–H and O–H groups in total. The molecule has 0 radical (unpaired) electrons. The van der Waals surface area contributed by atoms with Gasteiger partial charge < -0.3 is 10.6 Å². The summed E-state index contributed by atoms with van der Waals surface area (Å²) in [5, 5.41) is 9.49. The molecular weight excluding hydrogens is 344 g/mol. The summed E-state index contributed by atoms with van der Waals surface area (Å²) in [6.07, 6.45) is 1.69. The number of thiazole rings is 1. The van der Waals surface area contributed by atoms with Crippen LogP contribution in [0, 0.1) is 0 Å². The van der Waals surface area contributed by atoms with Crippen LogP contribution in [0.5, 0.6) is 0 Å². The number of rotatable bonds is 5. The Morgan fingerprint density at radius 2 is 2.00 bits per heavy atom. The summed E-state index contributed by atoms with van der Waals surface area (Å²) < 4.78 is 0. The molecule has 2 amide bonds. The molecule has 122 valence electrons. The Labute approximate surface area is 146 Å². The lowest BCUT2D eigenvalue weighted by atomic mass is 10.3. The van der Waals surface area contributed by atoms with Crippen molar-refractivity contribution >= 4 is 39.6 Å². The molecule has 0 saturated heterocycles. The third-order valence-corrected chi connectivity index (χ3v) is 4.77. The van der Waals surface area contributed by atoms with Gasteiger partial charge in [-0.25, -0.2) is 4.98 Å². The van der Waals surface area contributed by atoms with Crippen molar-refractivity contribution in [3.05, 3.63) is 52.2 Å². The fourth-order valence-electron chi connectivity index (χ4n) is 1.92. The van der Waals surface area contributed by atoms with Gasteiger partial charge in [0.2, 0.25) is 5.91 Å². The van der Waals surface area contributed by atoms with E-state index in [-0.39, 0.29) is 11.8 Å². The van der Waals surface area contributed by atoms with Gasteiger partial charge in [-0.05, 0) is 30.5 Å². The first-order chi connectivity index (χ1) is 11.6. The summed E-state index contributed by atoms with van der Waals surface area (Å²) in [7, 11) is 0. The zero-order valence-electron chi connectivity index (χ0n) is 12.7. The lowest BCUT2D eigenvalue weighted by Crippen LogP contribution is -2.41. The van der Waals surface area contributed by atoms with Crippen LogP contribution in [0.25, 0.3) is 11.4 Å². The van der Waals surface area contributed by atoms with Crippen molar-refractivity contribution in [2.75, 3.05) is 5.32 Å². The fourth-order valence-corrected chi connectivity index (χ4v) is 3.25. The van der Waals surface area contributed by atoms with Crippen molar-refractivity contribution in [2.45, 2.75) is 13.0 Å². The molecule has 0 spiro atoms. The van der Waals surface area contributed by atoms with Crippen molar-refractivity contribution in [3.8, 4) is 11.4 Å². The van der Waals surface area contributed by atoms with Crippen molar-refractivity contribution < 1.29 is 9.59 Å². The molecule has 0 aliphatic rings. The van der Waals surface area contributed by atoms with E-state index in [1.54, 1.807) is 25.3 Å². The number of carbonyl (C=O) groups is 2. The van der Waals surface area contributed by atoms with Gasteiger partial charge >= 0.3 is 0 Å². The Kier molecular flexibility index (Phi) is 4.97. The fraction of sp³-hybridized carbons (Fsp3) is 0.125. The first-order valence-corrected chi connectivity index (χ1v) is 8.91. The summed E-state index contributed by atoms with van der Waals surface area (Å²) in [5.41, 5.74) is 1.44. The monoisotopic (exact) mass is 358 g/mol. The molecule has 1 atom stereocenters. The number of hydrogen-bond acceptors (Lipinski definition) is 6. The highest BCUT2D eigenvalue weighted by molar-refractivity contribution is 7.14. The highest BCUT2D eigenvalue weighted by Crippen LogP contribution is 2.23. The molecule has 3 rings (SSSR count). The molecule has 3 aromatic rings. The van der Waals surface area contributed by atoms with Crippen LogP contribution in [0.2, 0.25) is 0 Å². The molecule has 3 aromatic heterocycles. The number of thiophene rings is 1. The number of nitrogens with one attached hydrogen (secondary N) is 2. The lowest BCUT2D eigenvalue weighted by molar-refractivity contribution is -0.117. The quantitative estimate of drug-likeness (QED) is 0.734. The van der Waals surface area contributed by atoms with Crippen molar-refractivity contribution in [2.24, 2.45) is 0 Å². The van der Waals surface area contributed by atoms with Gasteiger partial charge in [0.05, 0.1) is 10.6 Å². The zero-order chi connectivity index (χ0) is 16.9. The van der Waals surface area contributed by atoms with E-state index >= 15 is 0 Å². The lowest BCUT2D eigenvalue weighted by Gasteiger charge is -2.12. The number of carbonyl (C=O) groups excluding carboxylic acids is 2. The highest BCUT2D eigenvalue weighted by atomic mass is 32.1. The van der Waals surface area contributed by atoms with Gasteiger partial charge in [-0.3, -0.25) is 14.6 Å². The number of hydrogen-bond donors (Lipinski definition) is 2. The summed E-state index contributed by atoms with van der Waals surface area (Å²) in [6, 6.07) is 8.40. The van der Waals surface area contributed by atoms with Crippen molar-refractivity contribution in [3.63, 3.8) is 0 Å². The van der Waals surface area contributed by atoms with Gasteiger partial charge in [0, 0.05) is 11.6 Å². The van der Waals surface area contributed by atoms with Crippen LogP contribution in [0.1, 0.15) is 16.6 Å². The number of anilines is 1. The Balaban J connectivity index is 1.60. The summed E-state index contributed by atoms with van der Waals surface area (Å²) in [6.45, 7) is 1.63. The maximum Gasteiger partial charge on any atom is 0.261 e. The van der Waals surface area contributed by atoms with Gasteiger partial charge in [0.1, 0.15) is 11.7 Å². The Morgan fingerprint density at radius 1 is 1.12 bits per heavy atom. The second kappa shape index (κ2) is 7.33. The number of nitrogens with zero attached hydrogens (tertiary/aromatic N) is 2. The molecule has 0 saturated carbocycles. The second-order valence-electron chi connectivity index (χ2n) is 4.91. The van der Waals surface area contributed by atoms with Crippen LogP contribution < -0.4 is 10.6 Å². The van der Waals surface area contributed by atoms with Crippen LogP contribution in [-0.2, 0) is 4.79 Å². The maximum atomic E-state index is 12.2. The maximum absolute atomic E-state index is 12.2. The minimum absolute atomic E-state index is 0.263. The molecule has 0 aliphatic heterocycles. The molecule has 6 nitrogen and oxygen atoms in total. The van der Waals surface area contributed by atoms with Crippen LogP contribution in [0.15, 0.2) is 47.3 Å². The van der Waals surface area contributed by atoms with E-state index in [9.17, 15) is 9.59 Å². The Bertz CT molecular complexity index is 831. The SMILES string of the molecule is CC(NC(=O)c1cccs1)C(=O)Nc1nc(-c2ccccn2)cs1. The predicted octanol–water partition coefficient (Wildman–Crippen LogP) is 3.02. The number of pyridine rings is 1. The third kappa shape index (κ3) is 3.84. The molecule has 0 aliphatic carbocycles. The molecule has 0 fully saturated rings. The van der Waals surface area contributed by atoms with E-state index in [1.807, 2.05) is 29.0 Å². The smallest absolute Gasteiger partial charge is 0.261 e. The van der Waals surface area contributed by atoms with Gasteiger partial charge in [-0.1, -0.05) is 12.1 Å². The van der Waals surface area contributed by atoms with Crippen LogP contribution >= 0.6 is 22.7 Å². The number of aromatic nitrogens is 2. The summed E-state index contributed by atoms with van der Waals surface area (Å²) >= 11 is 2.64.